The molecule has 0 aliphatic carbocycles. The van der Waals surface area contributed by atoms with Crippen molar-refractivity contribution in [2.75, 3.05) is 32.0 Å². The van der Waals surface area contributed by atoms with Crippen molar-refractivity contribution in [1.82, 2.24) is 10.4 Å². The number of ether oxygens (including phenoxy) is 1. The lowest BCUT2D eigenvalue weighted by molar-refractivity contribution is -0.384. The smallest absolute Gasteiger partial charge is 0.304 e. The number of hydrazine groups is 1. The fourth-order valence-corrected chi connectivity index (χ4v) is 1.83. The summed E-state index contributed by atoms with van der Waals surface area (Å²) >= 11 is 0. The van der Waals surface area contributed by atoms with Gasteiger partial charge in [0.15, 0.2) is 0 Å². The van der Waals surface area contributed by atoms with E-state index in [0.29, 0.717) is 26.3 Å². The first-order chi connectivity index (χ1) is 9.09. The molecule has 0 radical (unpaired) electrons. The number of nitro benzene ring substituents is 1. The van der Waals surface area contributed by atoms with Crippen molar-refractivity contribution in [3.05, 3.63) is 33.9 Å². The average molecular weight is 266 g/mol. The minimum atomic E-state index is -0.649. The highest BCUT2D eigenvalue weighted by Gasteiger charge is 2.24. The van der Waals surface area contributed by atoms with Gasteiger partial charge in [-0.25, -0.2) is 5.01 Å². The lowest BCUT2D eigenvalue weighted by atomic mass is 10.1. The van der Waals surface area contributed by atoms with E-state index in [-0.39, 0.29) is 16.9 Å². The standard InChI is InChI=1S/C11H14N4O4/c12-9-3-1-2-8(10(9)15(17)18)11(16)13-14-4-6-19-7-5-14/h1-3H,4-7,12H2,(H,13,16). The molecule has 0 bridgehead atoms. The average Bonchev–Trinajstić information content (AvgIpc) is 2.39. The number of anilines is 1. The molecule has 1 heterocycles. The van der Waals surface area contributed by atoms with E-state index in [1.807, 2.05) is 0 Å². The van der Waals surface area contributed by atoms with Crippen molar-refractivity contribution in [2.45, 2.75) is 0 Å². The minimum Gasteiger partial charge on any atom is -0.393 e. The number of carbonyl (C=O) groups excluding carboxylic acids is 1. The van der Waals surface area contributed by atoms with Crippen molar-refractivity contribution < 1.29 is 14.5 Å². The normalized spacial score (nSPS) is 16.0. The zero-order valence-corrected chi connectivity index (χ0v) is 10.2. The highest BCUT2D eigenvalue weighted by molar-refractivity contribution is 5.99. The maximum absolute atomic E-state index is 12.0. The van der Waals surface area contributed by atoms with Crippen LogP contribution < -0.4 is 11.2 Å². The van der Waals surface area contributed by atoms with Gasteiger partial charge in [0, 0.05) is 13.1 Å². The number of nitrogens with two attached hydrogens (primary N) is 1. The Hall–Kier alpha value is -2.19. The van der Waals surface area contributed by atoms with Gasteiger partial charge < -0.3 is 10.5 Å². The summed E-state index contributed by atoms with van der Waals surface area (Å²) in [6, 6.07) is 4.28. The highest BCUT2D eigenvalue weighted by Crippen LogP contribution is 2.25. The second-order valence-corrected chi connectivity index (χ2v) is 4.04. The van der Waals surface area contributed by atoms with Gasteiger partial charge in [-0.2, -0.15) is 0 Å². The summed E-state index contributed by atoms with van der Waals surface area (Å²) in [6.07, 6.45) is 0. The summed E-state index contributed by atoms with van der Waals surface area (Å²) in [7, 11) is 0. The molecule has 102 valence electrons. The van der Waals surface area contributed by atoms with Gasteiger partial charge in [0.1, 0.15) is 11.3 Å². The molecule has 0 aromatic heterocycles. The Morgan fingerprint density at radius 2 is 2.11 bits per heavy atom. The van der Waals surface area contributed by atoms with E-state index in [2.05, 4.69) is 5.43 Å². The molecule has 1 fully saturated rings. The van der Waals surface area contributed by atoms with Crippen LogP contribution in [0.25, 0.3) is 0 Å². The van der Waals surface area contributed by atoms with E-state index in [1.165, 1.54) is 18.2 Å². The summed E-state index contributed by atoms with van der Waals surface area (Å²) in [5.74, 6) is -0.541. The van der Waals surface area contributed by atoms with Crippen molar-refractivity contribution in [2.24, 2.45) is 0 Å². The van der Waals surface area contributed by atoms with Gasteiger partial charge in [-0.3, -0.25) is 20.3 Å². The number of amides is 1. The van der Waals surface area contributed by atoms with Crippen molar-refractivity contribution in [3.63, 3.8) is 0 Å². The molecule has 0 unspecified atom stereocenters. The summed E-state index contributed by atoms with van der Waals surface area (Å²) < 4.78 is 5.15. The topological polar surface area (TPSA) is 111 Å². The molecule has 1 aromatic carbocycles. The van der Waals surface area contributed by atoms with Gasteiger partial charge in [0.25, 0.3) is 5.91 Å². The summed E-state index contributed by atoms with van der Waals surface area (Å²) in [6.45, 7) is 2.11. The van der Waals surface area contributed by atoms with E-state index < -0.39 is 10.8 Å². The van der Waals surface area contributed by atoms with Crippen molar-refractivity contribution in [1.29, 1.82) is 0 Å². The van der Waals surface area contributed by atoms with Crippen LogP contribution in [0.15, 0.2) is 18.2 Å². The molecule has 8 heteroatoms. The predicted octanol–water partition coefficient (Wildman–Crippen LogP) is 0.154. The summed E-state index contributed by atoms with van der Waals surface area (Å²) in [4.78, 5) is 22.3. The molecule has 2 rings (SSSR count). The number of morpholine rings is 1. The molecule has 1 saturated heterocycles. The van der Waals surface area contributed by atoms with Crippen LogP contribution in [0.2, 0.25) is 0 Å². The fraction of sp³-hybridized carbons (Fsp3) is 0.364. The Labute approximate surface area is 109 Å². The Bertz CT molecular complexity index is 499. The molecule has 0 saturated carbocycles. The number of carbonyl (C=O) groups is 1. The van der Waals surface area contributed by atoms with Crippen molar-refractivity contribution >= 4 is 17.3 Å². The Kier molecular flexibility index (Phi) is 3.93. The number of para-hydroxylation sites is 1. The fourth-order valence-electron chi connectivity index (χ4n) is 1.83. The molecule has 3 N–H and O–H groups in total. The molecule has 1 aliphatic heterocycles. The van der Waals surface area contributed by atoms with Crippen LogP contribution in [-0.4, -0.2) is 42.1 Å². The Balaban J connectivity index is 2.18. The number of nitrogen functional groups attached to an aromatic ring is 1. The second-order valence-electron chi connectivity index (χ2n) is 4.04. The quantitative estimate of drug-likeness (QED) is 0.458. The van der Waals surface area contributed by atoms with Crippen LogP contribution >= 0.6 is 0 Å². The molecule has 1 amide bonds. The second kappa shape index (κ2) is 5.63. The molecule has 1 aliphatic rings. The minimum absolute atomic E-state index is 0.0281. The maximum atomic E-state index is 12.0. The van der Waals surface area contributed by atoms with E-state index in [1.54, 1.807) is 5.01 Å². The molecular weight excluding hydrogens is 252 g/mol. The number of hydrogen-bond donors (Lipinski definition) is 2. The Morgan fingerprint density at radius 1 is 1.42 bits per heavy atom. The van der Waals surface area contributed by atoms with Gasteiger partial charge in [-0.05, 0) is 12.1 Å². The molecular formula is C11H14N4O4. The number of nitrogens with zero attached hydrogens (tertiary/aromatic N) is 2. The number of nitrogens with one attached hydrogen (secondary N) is 1. The van der Waals surface area contributed by atoms with E-state index >= 15 is 0 Å². The number of nitro groups is 1. The Morgan fingerprint density at radius 3 is 2.74 bits per heavy atom. The first-order valence-corrected chi connectivity index (χ1v) is 5.76. The van der Waals surface area contributed by atoms with Crippen LogP contribution in [-0.2, 0) is 4.74 Å². The zero-order chi connectivity index (χ0) is 13.8. The van der Waals surface area contributed by atoms with Gasteiger partial charge in [0.2, 0.25) is 0 Å². The molecule has 1 aromatic rings. The lowest BCUT2D eigenvalue weighted by Crippen LogP contribution is -2.48. The number of hydrogen-bond acceptors (Lipinski definition) is 6. The lowest BCUT2D eigenvalue weighted by Gasteiger charge is -2.26. The number of benzene rings is 1. The van der Waals surface area contributed by atoms with E-state index in [4.69, 9.17) is 10.5 Å². The molecule has 8 nitrogen and oxygen atoms in total. The first-order valence-electron chi connectivity index (χ1n) is 5.76. The van der Waals surface area contributed by atoms with Crippen LogP contribution in [0, 0.1) is 10.1 Å². The predicted molar refractivity (Wildman–Crippen MR) is 67.4 cm³/mol. The third-order valence-corrected chi connectivity index (χ3v) is 2.77. The van der Waals surface area contributed by atoms with Gasteiger partial charge in [0.05, 0.1) is 18.1 Å². The SMILES string of the molecule is Nc1cccc(C(=O)NN2CCOCC2)c1[N+](=O)[O-]. The van der Waals surface area contributed by atoms with Crippen LogP contribution in [0.1, 0.15) is 10.4 Å². The van der Waals surface area contributed by atoms with Gasteiger partial charge >= 0.3 is 5.69 Å². The van der Waals surface area contributed by atoms with E-state index in [0.717, 1.165) is 0 Å². The largest absolute Gasteiger partial charge is 0.393 e. The van der Waals surface area contributed by atoms with Crippen molar-refractivity contribution in [3.8, 4) is 0 Å². The zero-order valence-electron chi connectivity index (χ0n) is 10.2. The third kappa shape index (κ3) is 2.98. The maximum Gasteiger partial charge on any atom is 0.304 e. The van der Waals surface area contributed by atoms with Crippen LogP contribution in [0.5, 0.6) is 0 Å². The monoisotopic (exact) mass is 266 g/mol. The summed E-state index contributed by atoms with van der Waals surface area (Å²) in [5.41, 5.74) is 7.71. The molecule has 0 atom stereocenters. The molecule has 0 spiro atoms. The van der Waals surface area contributed by atoms with Crippen LogP contribution in [0.3, 0.4) is 0 Å². The summed E-state index contributed by atoms with van der Waals surface area (Å²) in [5, 5.41) is 12.6. The van der Waals surface area contributed by atoms with Gasteiger partial charge in [-0.1, -0.05) is 6.07 Å². The molecule has 19 heavy (non-hydrogen) atoms. The van der Waals surface area contributed by atoms with Gasteiger partial charge in [-0.15, -0.1) is 0 Å². The van der Waals surface area contributed by atoms with E-state index in [9.17, 15) is 14.9 Å². The third-order valence-electron chi connectivity index (χ3n) is 2.77. The first kappa shape index (κ1) is 13.2. The highest BCUT2D eigenvalue weighted by atomic mass is 16.6. The number of rotatable bonds is 3. The van der Waals surface area contributed by atoms with Crippen LogP contribution in [0.4, 0.5) is 11.4 Å².